The number of esters is 1. The summed E-state index contributed by atoms with van der Waals surface area (Å²) in [6, 6.07) is -0.697. The minimum absolute atomic E-state index is 0.0727. The highest BCUT2D eigenvalue weighted by molar-refractivity contribution is 5.77. The fraction of sp³-hybridized carbons (Fsp3) is 0.913. The standard InChI is InChI=1S/C46H89NO5/c1-4-7-10-13-16-19-21-22-23-24-26-28-31-34-37-42(52-46(51)39-36-33-30-25-18-15-12-9-6-3)40-45(50)47-43(41-48)44(49)38-35-32-29-27-20-17-14-11-8-5-2/h23-24,42-44,48-49H,4-22,25-41H2,1-3H3,(H,47,50)/b24-23+. The number of unbranched alkanes of at least 4 members (excludes halogenated alkanes) is 27. The average Bonchev–Trinajstić information content (AvgIpc) is 3.13. The second-order valence-electron chi connectivity index (χ2n) is 15.8. The number of nitrogens with one attached hydrogen (secondary N) is 1. The molecule has 308 valence electrons. The molecule has 3 N–H and O–H groups in total. The van der Waals surface area contributed by atoms with Gasteiger partial charge in [-0.15, -0.1) is 0 Å². The van der Waals surface area contributed by atoms with Crippen LogP contribution in [0.4, 0.5) is 0 Å². The van der Waals surface area contributed by atoms with Gasteiger partial charge in [0.1, 0.15) is 6.10 Å². The topological polar surface area (TPSA) is 95.9 Å². The van der Waals surface area contributed by atoms with Gasteiger partial charge in [0.2, 0.25) is 5.91 Å². The van der Waals surface area contributed by atoms with Crippen LogP contribution in [0.25, 0.3) is 0 Å². The van der Waals surface area contributed by atoms with Crippen LogP contribution in [0.2, 0.25) is 0 Å². The lowest BCUT2D eigenvalue weighted by molar-refractivity contribution is -0.151. The first-order chi connectivity index (χ1) is 25.5. The summed E-state index contributed by atoms with van der Waals surface area (Å²) >= 11 is 0. The molecule has 0 rings (SSSR count). The highest BCUT2D eigenvalue weighted by atomic mass is 16.5. The fourth-order valence-electron chi connectivity index (χ4n) is 7.07. The Morgan fingerprint density at radius 1 is 0.538 bits per heavy atom. The van der Waals surface area contributed by atoms with Crippen molar-refractivity contribution < 1.29 is 24.5 Å². The predicted octanol–water partition coefficient (Wildman–Crippen LogP) is 13.0. The van der Waals surface area contributed by atoms with Gasteiger partial charge in [-0.1, -0.05) is 193 Å². The Morgan fingerprint density at radius 3 is 1.38 bits per heavy atom. The highest BCUT2D eigenvalue weighted by Crippen LogP contribution is 2.17. The van der Waals surface area contributed by atoms with Crippen molar-refractivity contribution >= 4 is 11.9 Å². The molecule has 0 spiro atoms. The second-order valence-corrected chi connectivity index (χ2v) is 15.8. The van der Waals surface area contributed by atoms with Crippen molar-refractivity contribution in [2.75, 3.05) is 6.61 Å². The number of rotatable bonds is 41. The summed E-state index contributed by atoms with van der Waals surface area (Å²) in [6.07, 6.45) is 42.7. The summed E-state index contributed by atoms with van der Waals surface area (Å²) in [5, 5.41) is 23.6. The molecule has 1 amide bonds. The van der Waals surface area contributed by atoms with Crippen LogP contribution in [0.5, 0.6) is 0 Å². The van der Waals surface area contributed by atoms with Crippen LogP contribution in [0.3, 0.4) is 0 Å². The van der Waals surface area contributed by atoms with E-state index >= 15 is 0 Å². The molecule has 0 aromatic carbocycles. The number of carbonyl (C=O) groups is 2. The van der Waals surface area contributed by atoms with E-state index in [9.17, 15) is 19.8 Å². The highest BCUT2D eigenvalue weighted by Gasteiger charge is 2.24. The Balaban J connectivity index is 4.59. The van der Waals surface area contributed by atoms with Gasteiger partial charge in [0, 0.05) is 6.42 Å². The Kier molecular flexibility index (Phi) is 39.7. The van der Waals surface area contributed by atoms with Gasteiger partial charge >= 0.3 is 5.97 Å². The number of aliphatic hydroxyl groups excluding tert-OH is 2. The first-order valence-corrected chi connectivity index (χ1v) is 22.9. The molecule has 52 heavy (non-hydrogen) atoms. The Labute approximate surface area is 323 Å². The largest absolute Gasteiger partial charge is 0.462 e. The summed E-state index contributed by atoms with van der Waals surface area (Å²) in [5.74, 6) is -0.482. The molecule has 0 aromatic heterocycles. The van der Waals surface area contributed by atoms with Gasteiger partial charge in [-0.25, -0.2) is 0 Å². The third kappa shape index (κ3) is 35.6. The lowest BCUT2D eigenvalue weighted by atomic mass is 10.0. The zero-order valence-corrected chi connectivity index (χ0v) is 35.0. The smallest absolute Gasteiger partial charge is 0.306 e. The van der Waals surface area contributed by atoms with E-state index in [2.05, 4.69) is 38.2 Å². The van der Waals surface area contributed by atoms with E-state index in [-0.39, 0.29) is 24.9 Å². The Hall–Kier alpha value is -1.40. The summed E-state index contributed by atoms with van der Waals surface area (Å²) in [5.41, 5.74) is 0. The summed E-state index contributed by atoms with van der Waals surface area (Å²) < 4.78 is 5.88. The molecule has 0 heterocycles. The van der Waals surface area contributed by atoms with Crippen molar-refractivity contribution in [3.05, 3.63) is 12.2 Å². The van der Waals surface area contributed by atoms with E-state index in [1.165, 1.54) is 135 Å². The molecule has 3 unspecified atom stereocenters. The van der Waals surface area contributed by atoms with Crippen LogP contribution in [0, 0.1) is 0 Å². The number of ether oxygens (including phenoxy) is 1. The van der Waals surface area contributed by atoms with Gasteiger partial charge in [-0.05, 0) is 51.4 Å². The summed E-state index contributed by atoms with van der Waals surface area (Å²) in [4.78, 5) is 25.9. The third-order valence-electron chi connectivity index (χ3n) is 10.6. The molecule has 3 atom stereocenters. The SMILES string of the molecule is CCCCCCCCC/C=C/CCCCCC(CC(=O)NC(CO)C(O)CCCCCCCCCCCC)OC(=O)CCCCCCCCCCC. The molecule has 0 bridgehead atoms. The molecular weight excluding hydrogens is 647 g/mol. The van der Waals surface area contributed by atoms with E-state index in [1.807, 2.05) is 0 Å². The summed E-state index contributed by atoms with van der Waals surface area (Å²) in [7, 11) is 0. The normalized spacial score (nSPS) is 13.4. The van der Waals surface area contributed by atoms with Crippen molar-refractivity contribution in [2.45, 2.75) is 264 Å². The van der Waals surface area contributed by atoms with Gasteiger partial charge in [0.25, 0.3) is 0 Å². The fourth-order valence-corrected chi connectivity index (χ4v) is 7.07. The zero-order valence-electron chi connectivity index (χ0n) is 35.0. The van der Waals surface area contributed by atoms with Crippen molar-refractivity contribution in [1.82, 2.24) is 5.32 Å². The molecule has 0 saturated carbocycles. The average molecular weight is 736 g/mol. The van der Waals surface area contributed by atoms with E-state index in [1.54, 1.807) is 0 Å². The maximum absolute atomic E-state index is 13.1. The third-order valence-corrected chi connectivity index (χ3v) is 10.6. The lowest BCUT2D eigenvalue weighted by Gasteiger charge is -2.24. The molecule has 0 aliphatic heterocycles. The maximum atomic E-state index is 13.1. The van der Waals surface area contributed by atoms with Gasteiger partial charge < -0.3 is 20.3 Å². The quantitative estimate of drug-likeness (QED) is 0.0330. The minimum atomic E-state index is -0.783. The van der Waals surface area contributed by atoms with Gasteiger partial charge in [0.15, 0.2) is 0 Å². The molecule has 0 aliphatic carbocycles. The number of aliphatic hydroxyl groups is 2. The van der Waals surface area contributed by atoms with E-state index in [0.717, 1.165) is 64.2 Å². The maximum Gasteiger partial charge on any atom is 0.306 e. The number of allylic oxidation sites excluding steroid dienone is 2. The lowest BCUT2D eigenvalue weighted by Crippen LogP contribution is -2.46. The molecule has 0 saturated heterocycles. The van der Waals surface area contributed by atoms with Crippen LogP contribution in [0.15, 0.2) is 12.2 Å². The Morgan fingerprint density at radius 2 is 0.923 bits per heavy atom. The van der Waals surface area contributed by atoms with Gasteiger partial charge in [0.05, 0.1) is 25.2 Å². The van der Waals surface area contributed by atoms with Crippen LogP contribution < -0.4 is 5.32 Å². The molecule has 0 fully saturated rings. The van der Waals surface area contributed by atoms with E-state index in [0.29, 0.717) is 19.3 Å². The molecule has 0 aromatic rings. The van der Waals surface area contributed by atoms with Crippen molar-refractivity contribution in [2.24, 2.45) is 0 Å². The van der Waals surface area contributed by atoms with E-state index < -0.39 is 18.2 Å². The number of carbonyl (C=O) groups excluding carboxylic acids is 2. The molecular formula is C46H89NO5. The van der Waals surface area contributed by atoms with E-state index in [4.69, 9.17) is 4.74 Å². The van der Waals surface area contributed by atoms with Crippen LogP contribution >= 0.6 is 0 Å². The minimum Gasteiger partial charge on any atom is -0.462 e. The van der Waals surface area contributed by atoms with Crippen molar-refractivity contribution in [3.63, 3.8) is 0 Å². The first-order valence-electron chi connectivity index (χ1n) is 22.9. The van der Waals surface area contributed by atoms with Crippen LogP contribution in [-0.4, -0.2) is 46.9 Å². The number of hydrogen-bond donors (Lipinski definition) is 3. The Bertz CT molecular complexity index is 787. The first kappa shape index (κ1) is 50.6. The van der Waals surface area contributed by atoms with Crippen molar-refractivity contribution in [3.8, 4) is 0 Å². The number of amides is 1. The molecule has 6 nitrogen and oxygen atoms in total. The van der Waals surface area contributed by atoms with Crippen molar-refractivity contribution in [1.29, 1.82) is 0 Å². The monoisotopic (exact) mass is 736 g/mol. The van der Waals surface area contributed by atoms with Gasteiger partial charge in [-0.2, -0.15) is 0 Å². The zero-order chi connectivity index (χ0) is 38.2. The predicted molar refractivity (Wildman–Crippen MR) is 223 cm³/mol. The van der Waals surface area contributed by atoms with Crippen LogP contribution in [0.1, 0.15) is 245 Å². The van der Waals surface area contributed by atoms with Gasteiger partial charge in [-0.3, -0.25) is 9.59 Å². The summed E-state index contributed by atoms with van der Waals surface area (Å²) in [6.45, 7) is 6.44. The molecule has 6 heteroatoms. The molecule has 0 radical (unpaired) electrons. The van der Waals surface area contributed by atoms with Crippen LogP contribution in [-0.2, 0) is 14.3 Å². The molecule has 0 aliphatic rings. The second kappa shape index (κ2) is 40.8. The number of hydrogen-bond acceptors (Lipinski definition) is 5.